The molecule has 5 nitrogen and oxygen atoms in total. The zero-order valence-corrected chi connectivity index (χ0v) is 5.94. The fraction of sp³-hybridized carbons (Fsp3) is 0.167. The van der Waals surface area contributed by atoms with Gasteiger partial charge in [0.1, 0.15) is 5.82 Å². The number of hydrogen-bond donors (Lipinski definition) is 1. The monoisotopic (exact) mass is 153 g/mol. The molecular formula is C6H7N3O2. The summed E-state index contributed by atoms with van der Waals surface area (Å²) in [6.07, 6.45) is 0. The first-order chi connectivity index (χ1) is 5.09. The minimum Gasteiger partial charge on any atom is -0.383 e. The number of nitro groups is 1. The van der Waals surface area contributed by atoms with Crippen LogP contribution in [0.4, 0.5) is 11.5 Å². The Kier molecular flexibility index (Phi) is 1.72. The van der Waals surface area contributed by atoms with E-state index >= 15 is 0 Å². The molecule has 0 fully saturated rings. The molecule has 0 aliphatic rings. The molecule has 11 heavy (non-hydrogen) atoms. The standard InChI is InChI=1S/C6H7N3O2/c1-4-2-5(9(10)11)3-6(7)8-4/h2-3H,1H3,(H2,7,8). The summed E-state index contributed by atoms with van der Waals surface area (Å²) in [5, 5.41) is 10.2. The van der Waals surface area contributed by atoms with E-state index in [4.69, 9.17) is 5.73 Å². The van der Waals surface area contributed by atoms with E-state index < -0.39 is 4.92 Å². The quantitative estimate of drug-likeness (QED) is 0.479. The van der Waals surface area contributed by atoms with Crippen LogP contribution in [0, 0.1) is 17.0 Å². The van der Waals surface area contributed by atoms with Gasteiger partial charge in [-0.2, -0.15) is 0 Å². The van der Waals surface area contributed by atoms with Crippen LogP contribution >= 0.6 is 0 Å². The molecule has 0 spiro atoms. The molecule has 1 rings (SSSR count). The normalized spacial score (nSPS) is 9.55. The molecule has 0 radical (unpaired) electrons. The molecule has 1 heterocycles. The molecule has 0 aliphatic carbocycles. The van der Waals surface area contributed by atoms with Crippen molar-refractivity contribution in [3.63, 3.8) is 0 Å². The average molecular weight is 153 g/mol. The van der Waals surface area contributed by atoms with Crippen LogP contribution in [0.15, 0.2) is 12.1 Å². The highest BCUT2D eigenvalue weighted by atomic mass is 16.6. The number of nitrogen functional groups attached to an aromatic ring is 1. The van der Waals surface area contributed by atoms with Crippen molar-refractivity contribution in [3.05, 3.63) is 27.9 Å². The van der Waals surface area contributed by atoms with E-state index in [1.165, 1.54) is 12.1 Å². The molecule has 0 saturated carbocycles. The summed E-state index contributed by atoms with van der Waals surface area (Å²) in [5.41, 5.74) is 5.82. The second-order valence-electron chi connectivity index (χ2n) is 2.15. The molecule has 0 bridgehead atoms. The molecule has 0 aliphatic heterocycles. The summed E-state index contributed by atoms with van der Waals surface area (Å²) in [5.74, 6) is 0.178. The number of nitrogens with two attached hydrogens (primary N) is 1. The number of rotatable bonds is 1. The number of aromatic nitrogens is 1. The minimum absolute atomic E-state index is 0.0185. The number of pyridine rings is 1. The maximum absolute atomic E-state index is 10.2. The lowest BCUT2D eigenvalue weighted by Crippen LogP contribution is -1.95. The highest BCUT2D eigenvalue weighted by molar-refractivity contribution is 5.42. The van der Waals surface area contributed by atoms with Crippen molar-refractivity contribution >= 4 is 11.5 Å². The third kappa shape index (κ3) is 1.64. The summed E-state index contributed by atoms with van der Waals surface area (Å²) in [4.78, 5) is 13.5. The Balaban J connectivity index is 3.19. The van der Waals surface area contributed by atoms with Gasteiger partial charge in [0.15, 0.2) is 0 Å². The van der Waals surface area contributed by atoms with Crippen LogP contribution < -0.4 is 5.73 Å². The average Bonchev–Trinajstić information content (AvgIpc) is 1.85. The molecule has 1 aromatic rings. The van der Waals surface area contributed by atoms with Crippen molar-refractivity contribution in [1.82, 2.24) is 4.98 Å². The highest BCUT2D eigenvalue weighted by Crippen LogP contribution is 2.14. The first-order valence-corrected chi connectivity index (χ1v) is 2.98. The lowest BCUT2D eigenvalue weighted by molar-refractivity contribution is -0.384. The Morgan fingerprint density at radius 3 is 2.73 bits per heavy atom. The van der Waals surface area contributed by atoms with Gasteiger partial charge in [-0.15, -0.1) is 0 Å². The summed E-state index contributed by atoms with van der Waals surface area (Å²) in [6.45, 7) is 1.66. The Morgan fingerprint density at radius 2 is 2.27 bits per heavy atom. The van der Waals surface area contributed by atoms with Crippen LogP contribution in [-0.4, -0.2) is 9.91 Å². The molecule has 0 saturated heterocycles. The number of aryl methyl sites for hydroxylation is 1. The van der Waals surface area contributed by atoms with Crippen molar-refractivity contribution < 1.29 is 4.92 Å². The largest absolute Gasteiger partial charge is 0.383 e. The van der Waals surface area contributed by atoms with Gasteiger partial charge in [-0.1, -0.05) is 0 Å². The Bertz CT molecular complexity index is 278. The summed E-state index contributed by atoms with van der Waals surface area (Å²) >= 11 is 0. The summed E-state index contributed by atoms with van der Waals surface area (Å²) < 4.78 is 0. The fourth-order valence-electron chi connectivity index (χ4n) is 0.781. The van der Waals surface area contributed by atoms with Crippen LogP contribution in [-0.2, 0) is 0 Å². The van der Waals surface area contributed by atoms with E-state index in [9.17, 15) is 10.1 Å². The lowest BCUT2D eigenvalue weighted by Gasteiger charge is -1.94. The van der Waals surface area contributed by atoms with Crippen molar-refractivity contribution in [2.75, 3.05) is 5.73 Å². The van der Waals surface area contributed by atoms with E-state index in [2.05, 4.69) is 4.98 Å². The maximum atomic E-state index is 10.2. The van der Waals surface area contributed by atoms with Crippen LogP contribution in [0.5, 0.6) is 0 Å². The number of hydrogen-bond acceptors (Lipinski definition) is 4. The molecule has 5 heteroatoms. The molecule has 0 aromatic carbocycles. The van der Waals surface area contributed by atoms with Crippen molar-refractivity contribution in [1.29, 1.82) is 0 Å². The van der Waals surface area contributed by atoms with E-state index in [1.54, 1.807) is 6.92 Å². The predicted molar refractivity (Wildman–Crippen MR) is 40.0 cm³/mol. The second-order valence-corrected chi connectivity index (χ2v) is 2.15. The van der Waals surface area contributed by atoms with Gasteiger partial charge in [0.2, 0.25) is 0 Å². The second kappa shape index (κ2) is 2.53. The zero-order valence-electron chi connectivity index (χ0n) is 5.94. The lowest BCUT2D eigenvalue weighted by atomic mass is 10.3. The van der Waals surface area contributed by atoms with Crippen molar-refractivity contribution in [2.24, 2.45) is 0 Å². The molecule has 0 unspecified atom stereocenters. The third-order valence-electron chi connectivity index (χ3n) is 1.17. The molecule has 0 atom stereocenters. The van der Waals surface area contributed by atoms with Gasteiger partial charge in [0.05, 0.1) is 11.0 Å². The molecular weight excluding hydrogens is 146 g/mol. The van der Waals surface area contributed by atoms with Crippen LogP contribution in [0.1, 0.15) is 5.69 Å². The Morgan fingerprint density at radius 1 is 1.64 bits per heavy atom. The van der Waals surface area contributed by atoms with Gasteiger partial charge in [0.25, 0.3) is 5.69 Å². The SMILES string of the molecule is Cc1cc([N+](=O)[O-])cc(N)n1. The van der Waals surface area contributed by atoms with E-state index in [1.807, 2.05) is 0 Å². The Hall–Kier alpha value is -1.65. The fourth-order valence-corrected chi connectivity index (χ4v) is 0.781. The zero-order chi connectivity index (χ0) is 8.43. The summed E-state index contributed by atoms with van der Waals surface area (Å²) in [7, 11) is 0. The third-order valence-corrected chi connectivity index (χ3v) is 1.17. The minimum atomic E-state index is -0.495. The van der Waals surface area contributed by atoms with Gasteiger partial charge in [-0.25, -0.2) is 4.98 Å². The van der Waals surface area contributed by atoms with Gasteiger partial charge in [-0.05, 0) is 6.92 Å². The maximum Gasteiger partial charge on any atom is 0.274 e. The van der Waals surface area contributed by atoms with Crippen molar-refractivity contribution in [2.45, 2.75) is 6.92 Å². The van der Waals surface area contributed by atoms with Gasteiger partial charge >= 0.3 is 0 Å². The topological polar surface area (TPSA) is 82.0 Å². The number of anilines is 1. The summed E-state index contributed by atoms with van der Waals surface area (Å²) in [6, 6.07) is 2.60. The van der Waals surface area contributed by atoms with Crippen LogP contribution in [0.3, 0.4) is 0 Å². The number of nitrogens with zero attached hydrogens (tertiary/aromatic N) is 2. The molecule has 0 amide bonds. The first kappa shape index (κ1) is 7.46. The first-order valence-electron chi connectivity index (χ1n) is 2.98. The van der Waals surface area contributed by atoms with Crippen molar-refractivity contribution in [3.8, 4) is 0 Å². The van der Waals surface area contributed by atoms with Crippen LogP contribution in [0.25, 0.3) is 0 Å². The smallest absolute Gasteiger partial charge is 0.274 e. The van der Waals surface area contributed by atoms with Gasteiger partial charge < -0.3 is 5.73 Å². The molecule has 2 N–H and O–H groups in total. The van der Waals surface area contributed by atoms with Gasteiger partial charge in [-0.3, -0.25) is 10.1 Å². The molecule has 1 aromatic heterocycles. The van der Waals surface area contributed by atoms with Crippen LogP contribution in [0.2, 0.25) is 0 Å². The van der Waals surface area contributed by atoms with E-state index in [0.29, 0.717) is 5.69 Å². The highest BCUT2D eigenvalue weighted by Gasteiger charge is 2.06. The van der Waals surface area contributed by atoms with E-state index in [0.717, 1.165) is 0 Å². The molecule has 58 valence electrons. The predicted octanol–water partition coefficient (Wildman–Crippen LogP) is 0.880. The van der Waals surface area contributed by atoms with Gasteiger partial charge in [0, 0.05) is 11.8 Å². The Labute approximate surface area is 63.0 Å². The van der Waals surface area contributed by atoms with E-state index in [-0.39, 0.29) is 11.5 Å².